The zero-order chi connectivity index (χ0) is 15.6. The SMILES string of the molecule is O=C(Nc1cccc(F)c1C(=O)O)c1ccc(F)c(Cl)c1. The monoisotopic (exact) mass is 311 g/mol. The molecule has 0 aliphatic carbocycles. The number of carboxylic acids is 1. The fraction of sp³-hybridized carbons (Fsp3) is 0. The number of benzene rings is 2. The molecule has 0 saturated carbocycles. The molecule has 0 saturated heterocycles. The quantitative estimate of drug-likeness (QED) is 0.910. The number of hydrogen-bond acceptors (Lipinski definition) is 2. The average molecular weight is 312 g/mol. The van der Waals surface area contributed by atoms with Crippen molar-refractivity contribution in [1.82, 2.24) is 0 Å². The van der Waals surface area contributed by atoms with Crippen LogP contribution < -0.4 is 5.32 Å². The lowest BCUT2D eigenvalue weighted by Gasteiger charge is -2.09. The Morgan fingerprint density at radius 2 is 1.81 bits per heavy atom. The maximum absolute atomic E-state index is 13.5. The summed E-state index contributed by atoms with van der Waals surface area (Å²) in [4.78, 5) is 23.0. The first kappa shape index (κ1) is 14.9. The highest BCUT2D eigenvalue weighted by Gasteiger charge is 2.18. The van der Waals surface area contributed by atoms with Gasteiger partial charge in [-0.2, -0.15) is 0 Å². The first-order valence-electron chi connectivity index (χ1n) is 5.68. The van der Waals surface area contributed by atoms with Crippen molar-refractivity contribution in [3.8, 4) is 0 Å². The summed E-state index contributed by atoms with van der Waals surface area (Å²) in [6, 6.07) is 6.74. The number of carbonyl (C=O) groups excluding carboxylic acids is 1. The van der Waals surface area contributed by atoms with E-state index in [1.165, 1.54) is 18.2 Å². The number of halogens is 3. The van der Waals surface area contributed by atoms with Gasteiger partial charge in [0.25, 0.3) is 5.91 Å². The standard InChI is InChI=1S/C14H8ClF2NO3/c15-8-6-7(4-5-9(8)16)13(19)18-11-3-1-2-10(17)12(11)14(20)21/h1-6H,(H,18,19)(H,20,21). The van der Waals surface area contributed by atoms with E-state index in [0.717, 1.165) is 18.2 Å². The van der Waals surface area contributed by atoms with Gasteiger partial charge in [0.15, 0.2) is 0 Å². The molecule has 21 heavy (non-hydrogen) atoms. The van der Waals surface area contributed by atoms with Gasteiger partial charge in [0.1, 0.15) is 17.2 Å². The summed E-state index contributed by atoms with van der Waals surface area (Å²) in [5.41, 5.74) is -0.839. The normalized spacial score (nSPS) is 10.2. The molecular formula is C14H8ClF2NO3. The fourth-order valence-electron chi connectivity index (χ4n) is 1.68. The van der Waals surface area contributed by atoms with E-state index in [-0.39, 0.29) is 16.3 Å². The van der Waals surface area contributed by atoms with Gasteiger partial charge in [-0.05, 0) is 30.3 Å². The Bertz CT molecular complexity index is 734. The van der Waals surface area contributed by atoms with Crippen LogP contribution in [0.2, 0.25) is 5.02 Å². The molecule has 1 amide bonds. The van der Waals surface area contributed by atoms with Crippen molar-refractivity contribution in [2.45, 2.75) is 0 Å². The molecule has 2 N–H and O–H groups in total. The summed E-state index contributed by atoms with van der Waals surface area (Å²) >= 11 is 5.56. The smallest absolute Gasteiger partial charge is 0.340 e. The van der Waals surface area contributed by atoms with Crippen molar-refractivity contribution in [2.75, 3.05) is 5.32 Å². The number of anilines is 1. The summed E-state index contributed by atoms with van der Waals surface area (Å²) in [6.45, 7) is 0. The topological polar surface area (TPSA) is 66.4 Å². The van der Waals surface area contributed by atoms with Crippen LogP contribution in [0.1, 0.15) is 20.7 Å². The third-order valence-electron chi connectivity index (χ3n) is 2.66. The lowest BCUT2D eigenvalue weighted by atomic mass is 10.1. The number of amides is 1. The molecule has 2 aromatic rings. The van der Waals surface area contributed by atoms with E-state index in [1.54, 1.807) is 0 Å². The van der Waals surface area contributed by atoms with Crippen molar-refractivity contribution in [3.63, 3.8) is 0 Å². The van der Waals surface area contributed by atoms with E-state index in [2.05, 4.69) is 5.32 Å². The van der Waals surface area contributed by atoms with Crippen LogP contribution in [0.15, 0.2) is 36.4 Å². The van der Waals surface area contributed by atoms with Gasteiger partial charge >= 0.3 is 5.97 Å². The molecule has 0 unspecified atom stereocenters. The highest BCUT2D eigenvalue weighted by molar-refractivity contribution is 6.31. The Morgan fingerprint density at radius 1 is 1.10 bits per heavy atom. The van der Waals surface area contributed by atoms with Gasteiger partial charge in [-0.1, -0.05) is 17.7 Å². The van der Waals surface area contributed by atoms with E-state index in [9.17, 15) is 18.4 Å². The van der Waals surface area contributed by atoms with E-state index < -0.39 is 29.1 Å². The average Bonchev–Trinajstić information content (AvgIpc) is 2.41. The number of rotatable bonds is 3. The van der Waals surface area contributed by atoms with Gasteiger partial charge in [-0.25, -0.2) is 13.6 Å². The highest BCUT2D eigenvalue weighted by Crippen LogP contribution is 2.21. The number of hydrogen-bond donors (Lipinski definition) is 2. The number of carbonyl (C=O) groups is 2. The van der Waals surface area contributed by atoms with E-state index in [4.69, 9.17) is 16.7 Å². The summed E-state index contributed by atoms with van der Waals surface area (Å²) in [5.74, 6) is -3.91. The molecule has 0 aliphatic rings. The fourth-order valence-corrected chi connectivity index (χ4v) is 1.86. The Morgan fingerprint density at radius 3 is 2.43 bits per heavy atom. The maximum atomic E-state index is 13.5. The van der Waals surface area contributed by atoms with Gasteiger partial charge in [0.05, 0.1) is 10.7 Å². The third kappa shape index (κ3) is 3.17. The zero-order valence-corrected chi connectivity index (χ0v) is 11.1. The van der Waals surface area contributed by atoms with Gasteiger partial charge in [-0.15, -0.1) is 0 Å². The predicted octanol–water partition coefficient (Wildman–Crippen LogP) is 3.57. The third-order valence-corrected chi connectivity index (χ3v) is 2.95. The molecular weight excluding hydrogens is 304 g/mol. The van der Waals surface area contributed by atoms with Crippen LogP contribution >= 0.6 is 11.6 Å². The molecule has 0 atom stereocenters. The van der Waals surface area contributed by atoms with Crippen molar-refractivity contribution >= 4 is 29.2 Å². The molecule has 0 bridgehead atoms. The van der Waals surface area contributed by atoms with Crippen LogP contribution in [0.4, 0.5) is 14.5 Å². The van der Waals surface area contributed by atoms with E-state index in [0.29, 0.717) is 0 Å². The number of aromatic carboxylic acids is 1. The van der Waals surface area contributed by atoms with E-state index in [1.807, 2.05) is 0 Å². The lowest BCUT2D eigenvalue weighted by Crippen LogP contribution is -2.16. The summed E-state index contributed by atoms with van der Waals surface area (Å²) in [5, 5.41) is 11.0. The highest BCUT2D eigenvalue weighted by atomic mass is 35.5. The van der Waals surface area contributed by atoms with Gasteiger partial charge in [-0.3, -0.25) is 4.79 Å². The molecule has 0 aromatic heterocycles. The minimum atomic E-state index is -1.51. The summed E-state index contributed by atoms with van der Waals surface area (Å²) in [6.07, 6.45) is 0. The molecule has 0 aliphatic heterocycles. The molecule has 0 fully saturated rings. The van der Waals surface area contributed by atoms with Crippen molar-refractivity contribution in [3.05, 3.63) is 64.2 Å². The van der Waals surface area contributed by atoms with Crippen LogP contribution in [0.25, 0.3) is 0 Å². The number of nitrogens with one attached hydrogen (secondary N) is 1. The van der Waals surface area contributed by atoms with Crippen LogP contribution in [-0.2, 0) is 0 Å². The minimum absolute atomic E-state index is 0.0157. The Hall–Kier alpha value is -2.47. The lowest BCUT2D eigenvalue weighted by molar-refractivity contribution is 0.0693. The Kier molecular flexibility index (Phi) is 4.18. The second kappa shape index (κ2) is 5.88. The molecule has 108 valence electrons. The van der Waals surface area contributed by atoms with Gasteiger partial charge < -0.3 is 10.4 Å². The predicted molar refractivity (Wildman–Crippen MR) is 72.7 cm³/mol. The van der Waals surface area contributed by atoms with Crippen molar-refractivity contribution < 1.29 is 23.5 Å². The van der Waals surface area contributed by atoms with Gasteiger partial charge in [0.2, 0.25) is 0 Å². The van der Waals surface area contributed by atoms with E-state index >= 15 is 0 Å². The largest absolute Gasteiger partial charge is 0.478 e. The molecule has 0 heterocycles. The van der Waals surface area contributed by atoms with Gasteiger partial charge in [0, 0.05) is 5.56 Å². The van der Waals surface area contributed by atoms with Crippen LogP contribution in [0.5, 0.6) is 0 Å². The summed E-state index contributed by atoms with van der Waals surface area (Å²) < 4.78 is 26.5. The molecule has 0 radical (unpaired) electrons. The van der Waals surface area contributed by atoms with Crippen molar-refractivity contribution in [2.24, 2.45) is 0 Å². The minimum Gasteiger partial charge on any atom is -0.478 e. The van der Waals surface area contributed by atoms with Crippen molar-refractivity contribution in [1.29, 1.82) is 0 Å². The zero-order valence-electron chi connectivity index (χ0n) is 10.4. The molecule has 2 rings (SSSR count). The molecule has 7 heteroatoms. The second-order valence-electron chi connectivity index (χ2n) is 4.05. The maximum Gasteiger partial charge on any atom is 0.340 e. The number of carboxylic acid groups (broad SMARTS) is 1. The second-order valence-corrected chi connectivity index (χ2v) is 4.46. The molecule has 0 spiro atoms. The molecule has 4 nitrogen and oxygen atoms in total. The first-order valence-corrected chi connectivity index (χ1v) is 6.06. The van der Waals surface area contributed by atoms with Crippen LogP contribution in [-0.4, -0.2) is 17.0 Å². The first-order chi connectivity index (χ1) is 9.90. The Balaban J connectivity index is 2.34. The summed E-state index contributed by atoms with van der Waals surface area (Å²) in [7, 11) is 0. The van der Waals surface area contributed by atoms with Crippen LogP contribution in [0, 0.1) is 11.6 Å². The Labute approximate surface area is 123 Å². The molecule has 2 aromatic carbocycles. The van der Waals surface area contributed by atoms with Crippen LogP contribution in [0.3, 0.4) is 0 Å².